The standard InChI is InChI=1S/C28H41N3O6Si/c1-18-26(38(2,3)36)23(16-25(34)31-14-8-9-20(31)17-32)37-28(18)21-15-19(11-12-22(21)29-27(28)35)30-13-7-5-4-6-10-24(30)33/h11-12,15,18,20,23,26,32,36H,4-10,13-14,16-17H2,1-3H3,(H,29,35)/t18-,20+,23+,26-,28+/m1/s1. The van der Waals surface area contributed by atoms with Crippen molar-refractivity contribution in [3.63, 3.8) is 0 Å². The van der Waals surface area contributed by atoms with E-state index >= 15 is 0 Å². The van der Waals surface area contributed by atoms with Crippen molar-refractivity contribution in [1.29, 1.82) is 0 Å². The Hall–Kier alpha value is -2.27. The van der Waals surface area contributed by atoms with Gasteiger partial charge in [0, 0.05) is 47.9 Å². The summed E-state index contributed by atoms with van der Waals surface area (Å²) in [6, 6.07) is 5.42. The Kier molecular flexibility index (Phi) is 7.45. The SMILES string of the molecule is C[C@@H]1[C@@H]([Si](C)(C)O)[C@H](CC(=O)N2CCC[C@H]2CO)O[C@@]12C(=O)Nc1ccc(N3CCCCCCC3=O)cc12. The van der Waals surface area contributed by atoms with Crippen molar-refractivity contribution < 1.29 is 29.0 Å². The van der Waals surface area contributed by atoms with E-state index in [1.165, 1.54) is 0 Å². The number of ether oxygens (including phenoxy) is 1. The van der Waals surface area contributed by atoms with Gasteiger partial charge in [-0.15, -0.1) is 0 Å². The molecule has 9 nitrogen and oxygen atoms in total. The summed E-state index contributed by atoms with van der Waals surface area (Å²) in [6.07, 6.45) is 5.51. The first-order valence-electron chi connectivity index (χ1n) is 14.1. The minimum atomic E-state index is -2.89. The van der Waals surface area contributed by atoms with E-state index in [0.717, 1.165) is 44.2 Å². The van der Waals surface area contributed by atoms with Crippen LogP contribution in [0, 0.1) is 5.92 Å². The summed E-state index contributed by atoms with van der Waals surface area (Å²) in [4.78, 5) is 54.9. The zero-order chi connectivity index (χ0) is 27.2. The number of hydrogen-bond acceptors (Lipinski definition) is 6. The molecule has 0 radical (unpaired) electrons. The van der Waals surface area contributed by atoms with Gasteiger partial charge in [-0.25, -0.2) is 0 Å². The second-order valence-electron chi connectivity index (χ2n) is 12.0. The van der Waals surface area contributed by atoms with Gasteiger partial charge in [-0.2, -0.15) is 0 Å². The molecule has 0 aliphatic carbocycles. The number of likely N-dealkylation sites (tertiary alicyclic amines) is 1. The molecular formula is C28H41N3O6Si. The van der Waals surface area contributed by atoms with Gasteiger partial charge in [0.25, 0.3) is 5.91 Å². The lowest BCUT2D eigenvalue weighted by atomic mass is 9.82. The average molecular weight is 544 g/mol. The van der Waals surface area contributed by atoms with E-state index in [4.69, 9.17) is 4.74 Å². The predicted molar refractivity (Wildman–Crippen MR) is 146 cm³/mol. The molecule has 208 valence electrons. The summed E-state index contributed by atoms with van der Waals surface area (Å²) < 4.78 is 6.66. The van der Waals surface area contributed by atoms with E-state index in [2.05, 4.69) is 5.32 Å². The molecular weight excluding hydrogens is 502 g/mol. The predicted octanol–water partition coefficient (Wildman–Crippen LogP) is 3.11. The molecule has 38 heavy (non-hydrogen) atoms. The highest BCUT2D eigenvalue weighted by Crippen LogP contribution is 2.58. The molecule has 0 saturated carbocycles. The maximum atomic E-state index is 13.7. The van der Waals surface area contributed by atoms with Gasteiger partial charge in [0.1, 0.15) is 0 Å². The van der Waals surface area contributed by atoms with Crippen LogP contribution in [0.5, 0.6) is 0 Å². The Labute approximate surface area is 225 Å². The summed E-state index contributed by atoms with van der Waals surface area (Å²) in [5, 5.41) is 12.7. The minimum absolute atomic E-state index is 0.0527. The summed E-state index contributed by atoms with van der Waals surface area (Å²) in [6.45, 7) is 6.77. The van der Waals surface area contributed by atoms with Gasteiger partial charge in [-0.1, -0.05) is 19.8 Å². The van der Waals surface area contributed by atoms with Gasteiger partial charge in [0.2, 0.25) is 11.8 Å². The van der Waals surface area contributed by atoms with Crippen LogP contribution in [0.3, 0.4) is 0 Å². The molecule has 3 N–H and O–H groups in total. The van der Waals surface area contributed by atoms with Crippen LogP contribution in [-0.2, 0) is 24.7 Å². The Morgan fingerprint density at radius 1 is 1.16 bits per heavy atom. The van der Waals surface area contributed by atoms with E-state index < -0.39 is 20.0 Å². The lowest BCUT2D eigenvalue weighted by molar-refractivity contribution is -0.148. The van der Waals surface area contributed by atoms with Crippen LogP contribution in [0.1, 0.15) is 63.9 Å². The van der Waals surface area contributed by atoms with E-state index in [0.29, 0.717) is 30.8 Å². The molecule has 0 bridgehead atoms. The zero-order valence-electron chi connectivity index (χ0n) is 22.7. The maximum Gasteiger partial charge on any atom is 0.261 e. The van der Waals surface area contributed by atoms with Crippen molar-refractivity contribution in [2.45, 2.75) is 94.7 Å². The second kappa shape index (κ2) is 10.4. The fourth-order valence-corrected chi connectivity index (χ4v) is 9.88. The van der Waals surface area contributed by atoms with Gasteiger partial charge in [-0.05, 0) is 57.0 Å². The number of carbonyl (C=O) groups is 3. The number of hydrogen-bond donors (Lipinski definition) is 3. The molecule has 1 aromatic carbocycles. The fourth-order valence-electron chi connectivity index (χ4n) is 7.33. The molecule has 4 aliphatic heterocycles. The van der Waals surface area contributed by atoms with E-state index in [-0.39, 0.29) is 48.3 Å². The molecule has 5 rings (SSSR count). The average Bonchev–Trinajstić information content (AvgIpc) is 3.52. The third-order valence-corrected chi connectivity index (χ3v) is 11.6. The Morgan fingerprint density at radius 3 is 2.66 bits per heavy atom. The Bertz CT molecular complexity index is 1110. The number of anilines is 2. The van der Waals surface area contributed by atoms with E-state index in [9.17, 15) is 24.3 Å². The molecule has 1 spiro atoms. The first kappa shape index (κ1) is 27.3. The van der Waals surface area contributed by atoms with Crippen LogP contribution >= 0.6 is 0 Å². The number of aliphatic hydroxyl groups excluding tert-OH is 1. The van der Waals surface area contributed by atoms with E-state index in [1.54, 1.807) is 4.90 Å². The number of carbonyl (C=O) groups excluding carboxylic acids is 3. The molecule has 4 heterocycles. The smallest absolute Gasteiger partial charge is 0.261 e. The number of amides is 3. The quantitative estimate of drug-likeness (QED) is 0.491. The molecule has 4 aliphatic rings. The third-order valence-electron chi connectivity index (χ3n) is 9.14. The molecule has 0 unspecified atom stereocenters. The molecule has 3 amide bonds. The molecule has 10 heteroatoms. The van der Waals surface area contributed by atoms with Crippen LogP contribution in [0.4, 0.5) is 11.4 Å². The normalized spacial score (nSPS) is 31.9. The van der Waals surface area contributed by atoms with Gasteiger partial charge in [0.05, 0.1) is 25.2 Å². The highest BCUT2D eigenvalue weighted by Gasteiger charge is 2.65. The molecule has 0 aromatic heterocycles. The van der Waals surface area contributed by atoms with Crippen molar-refractivity contribution in [1.82, 2.24) is 4.90 Å². The molecule has 5 atom stereocenters. The lowest BCUT2D eigenvalue weighted by Crippen LogP contribution is -2.44. The highest BCUT2D eigenvalue weighted by molar-refractivity contribution is 6.71. The largest absolute Gasteiger partial charge is 0.432 e. The van der Waals surface area contributed by atoms with Crippen molar-refractivity contribution in [2.24, 2.45) is 5.92 Å². The minimum Gasteiger partial charge on any atom is -0.432 e. The van der Waals surface area contributed by atoms with Crippen LogP contribution < -0.4 is 10.2 Å². The highest BCUT2D eigenvalue weighted by atomic mass is 28.4. The van der Waals surface area contributed by atoms with Gasteiger partial charge >= 0.3 is 0 Å². The van der Waals surface area contributed by atoms with Crippen LogP contribution in [-0.4, -0.2) is 72.7 Å². The molecule has 1 aromatic rings. The zero-order valence-corrected chi connectivity index (χ0v) is 23.7. The van der Waals surface area contributed by atoms with Gasteiger partial charge in [0.15, 0.2) is 13.9 Å². The Morgan fingerprint density at radius 2 is 1.92 bits per heavy atom. The first-order valence-corrected chi connectivity index (χ1v) is 17.2. The van der Waals surface area contributed by atoms with Crippen molar-refractivity contribution >= 4 is 37.4 Å². The number of aliphatic hydroxyl groups is 1. The van der Waals surface area contributed by atoms with Crippen LogP contribution in [0.25, 0.3) is 0 Å². The number of fused-ring (bicyclic) bond motifs is 2. The molecule has 3 saturated heterocycles. The monoisotopic (exact) mass is 543 g/mol. The number of nitrogens with one attached hydrogen (secondary N) is 1. The summed E-state index contributed by atoms with van der Waals surface area (Å²) in [5.41, 5.74) is 0.372. The van der Waals surface area contributed by atoms with Crippen LogP contribution in [0.2, 0.25) is 18.6 Å². The van der Waals surface area contributed by atoms with Crippen molar-refractivity contribution in [3.05, 3.63) is 23.8 Å². The summed E-state index contributed by atoms with van der Waals surface area (Å²) in [7, 11) is -2.89. The fraction of sp³-hybridized carbons (Fsp3) is 0.679. The Balaban J connectivity index is 1.50. The third kappa shape index (κ3) is 4.59. The summed E-state index contributed by atoms with van der Waals surface area (Å²) in [5.74, 6) is -0.689. The topological polar surface area (TPSA) is 119 Å². The first-order chi connectivity index (χ1) is 18.1. The second-order valence-corrected chi connectivity index (χ2v) is 16.0. The number of rotatable bonds is 5. The number of benzene rings is 1. The van der Waals surface area contributed by atoms with Crippen molar-refractivity contribution in [3.8, 4) is 0 Å². The number of nitrogens with zero attached hydrogens (tertiary/aromatic N) is 2. The van der Waals surface area contributed by atoms with Gasteiger partial charge < -0.3 is 29.8 Å². The van der Waals surface area contributed by atoms with Crippen molar-refractivity contribution in [2.75, 3.05) is 29.9 Å². The van der Waals surface area contributed by atoms with Crippen LogP contribution in [0.15, 0.2) is 18.2 Å². The van der Waals surface area contributed by atoms with E-state index in [1.807, 2.05) is 43.1 Å². The lowest BCUT2D eigenvalue weighted by Gasteiger charge is -2.32. The van der Waals surface area contributed by atoms with Gasteiger partial charge in [-0.3, -0.25) is 14.4 Å². The maximum absolute atomic E-state index is 13.7. The summed E-state index contributed by atoms with van der Waals surface area (Å²) >= 11 is 0. The molecule has 3 fully saturated rings.